The van der Waals surface area contributed by atoms with E-state index >= 15 is 0 Å². The summed E-state index contributed by atoms with van der Waals surface area (Å²) < 4.78 is 43.1. The van der Waals surface area contributed by atoms with Crippen molar-refractivity contribution in [1.29, 1.82) is 0 Å². The third kappa shape index (κ3) is 4.40. The van der Waals surface area contributed by atoms with Crippen molar-refractivity contribution in [3.63, 3.8) is 0 Å². The van der Waals surface area contributed by atoms with E-state index < -0.39 is 17.8 Å². The topological polar surface area (TPSA) is 41.5 Å². The van der Waals surface area contributed by atoms with Crippen molar-refractivity contribution in [2.45, 2.75) is 31.2 Å². The van der Waals surface area contributed by atoms with E-state index in [2.05, 4.69) is 5.32 Å². The predicted molar refractivity (Wildman–Crippen MR) is 64.0 cm³/mol. The van der Waals surface area contributed by atoms with Gasteiger partial charge in [-0.1, -0.05) is 12.1 Å². The Labute approximate surface area is 109 Å². The summed E-state index contributed by atoms with van der Waals surface area (Å²) in [5.74, 6) is -0.250. The molecule has 1 fully saturated rings. The SMILES string of the molecule is OC(CNC1CC1)COc1ccccc1C(F)(F)F. The third-order valence-electron chi connectivity index (χ3n) is 2.84. The molecule has 19 heavy (non-hydrogen) atoms. The number of ether oxygens (including phenoxy) is 1. The number of hydrogen-bond donors (Lipinski definition) is 2. The predicted octanol–water partition coefficient (Wildman–Crippen LogP) is 2.20. The summed E-state index contributed by atoms with van der Waals surface area (Å²) in [5.41, 5.74) is -0.822. The first kappa shape index (κ1) is 14.1. The molecule has 2 rings (SSSR count). The summed E-state index contributed by atoms with van der Waals surface area (Å²) in [5, 5.41) is 12.7. The molecule has 6 heteroatoms. The Kier molecular flexibility index (Phi) is 4.31. The summed E-state index contributed by atoms with van der Waals surface area (Å²) in [4.78, 5) is 0. The van der Waals surface area contributed by atoms with Gasteiger partial charge in [0, 0.05) is 12.6 Å². The molecule has 1 aromatic rings. The molecule has 0 amide bonds. The van der Waals surface area contributed by atoms with Crippen LogP contribution in [-0.4, -0.2) is 30.4 Å². The van der Waals surface area contributed by atoms with Gasteiger partial charge in [0.25, 0.3) is 0 Å². The molecular weight excluding hydrogens is 259 g/mol. The highest BCUT2D eigenvalue weighted by atomic mass is 19.4. The number of benzene rings is 1. The van der Waals surface area contributed by atoms with Gasteiger partial charge in [-0.25, -0.2) is 0 Å². The Morgan fingerprint density at radius 2 is 2.00 bits per heavy atom. The molecule has 1 unspecified atom stereocenters. The number of hydrogen-bond acceptors (Lipinski definition) is 3. The highest BCUT2D eigenvalue weighted by Crippen LogP contribution is 2.35. The number of nitrogens with one attached hydrogen (secondary N) is 1. The molecule has 1 aliphatic rings. The van der Waals surface area contributed by atoms with Gasteiger partial charge >= 0.3 is 6.18 Å². The van der Waals surface area contributed by atoms with E-state index in [4.69, 9.17) is 4.74 Å². The van der Waals surface area contributed by atoms with Gasteiger partial charge in [-0.05, 0) is 25.0 Å². The van der Waals surface area contributed by atoms with Gasteiger partial charge in [0.1, 0.15) is 18.5 Å². The summed E-state index contributed by atoms with van der Waals surface area (Å²) in [6.07, 6.45) is -3.09. The second-order valence-electron chi connectivity index (χ2n) is 4.64. The van der Waals surface area contributed by atoms with Gasteiger partial charge in [-0.3, -0.25) is 0 Å². The lowest BCUT2D eigenvalue weighted by atomic mass is 10.2. The van der Waals surface area contributed by atoms with Crippen molar-refractivity contribution in [2.75, 3.05) is 13.2 Å². The maximum absolute atomic E-state index is 12.7. The fourth-order valence-corrected chi connectivity index (χ4v) is 1.66. The second kappa shape index (κ2) is 5.79. The number of aliphatic hydroxyl groups is 1. The zero-order valence-electron chi connectivity index (χ0n) is 10.3. The number of halogens is 3. The van der Waals surface area contributed by atoms with Crippen LogP contribution in [0.2, 0.25) is 0 Å². The van der Waals surface area contributed by atoms with Crippen LogP contribution in [0.25, 0.3) is 0 Å². The Morgan fingerprint density at radius 3 is 2.63 bits per heavy atom. The van der Waals surface area contributed by atoms with Crippen molar-refractivity contribution >= 4 is 0 Å². The first-order valence-corrected chi connectivity index (χ1v) is 6.17. The fraction of sp³-hybridized carbons (Fsp3) is 0.538. The first-order valence-electron chi connectivity index (χ1n) is 6.17. The van der Waals surface area contributed by atoms with E-state index in [1.165, 1.54) is 18.2 Å². The maximum atomic E-state index is 12.7. The molecule has 0 bridgehead atoms. The van der Waals surface area contributed by atoms with Gasteiger partial charge < -0.3 is 15.2 Å². The average molecular weight is 275 g/mol. The Bertz CT molecular complexity index is 419. The van der Waals surface area contributed by atoms with Crippen LogP contribution in [0.3, 0.4) is 0 Å². The zero-order valence-corrected chi connectivity index (χ0v) is 10.3. The molecular formula is C13H16F3NO2. The average Bonchev–Trinajstić information content (AvgIpc) is 3.17. The lowest BCUT2D eigenvalue weighted by Gasteiger charge is -2.16. The van der Waals surface area contributed by atoms with Gasteiger partial charge in [0.2, 0.25) is 0 Å². The minimum Gasteiger partial charge on any atom is -0.490 e. The molecule has 0 radical (unpaired) electrons. The Hall–Kier alpha value is -1.27. The number of alkyl halides is 3. The summed E-state index contributed by atoms with van der Waals surface area (Å²) in [6, 6.07) is 5.44. The first-order chi connectivity index (χ1) is 8.97. The Balaban J connectivity index is 1.87. The Morgan fingerprint density at radius 1 is 1.32 bits per heavy atom. The van der Waals surface area contributed by atoms with E-state index in [1.54, 1.807) is 0 Å². The molecule has 106 valence electrons. The highest BCUT2D eigenvalue weighted by Gasteiger charge is 2.34. The van der Waals surface area contributed by atoms with E-state index in [0.29, 0.717) is 12.6 Å². The molecule has 0 spiro atoms. The van der Waals surface area contributed by atoms with Gasteiger partial charge in [0.05, 0.1) is 5.56 Å². The number of para-hydroxylation sites is 1. The summed E-state index contributed by atoms with van der Waals surface area (Å²) in [6.45, 7) is 0.172. The molecule has 0 heterocycles. The van der Waals surface area contributed by atoms with E-state index in [0.717, 1.165) is 18.9 Å². The molecule has 1 atom stereocenters. The molecule has 0 aliphatic heterocycles. The highest BCUT2D eigenvalue weighted by molar-refractivity contribution is 5.35. The molecule has 0 saturated heterocycles. The second-order valence-corrected chi connectivity index (χ2v) is 4.64. The summed E-state index contributed by atoms with van der Waals surface area (Å²) >= 11 is 0. The van der Waals surface area contributed by atoms with E-state index in [9.17, 15) is 18.3 Å². The van der Waals surface area contributed by atoms with Crippen molar-refractivity contribution in [3.8, 4) is 5.75 Å². The van der Waals surface area contributed by atoms with Crippen LogP contribution in [-0.2, 0) is 6.18 Å². The van der Waals surface area contributed by atoms with Crippen molar-refractivity contribution in [1.82, 2.24) is 5.32 Å². The number of aliphatic hydroxyl groups excluding tert-OH is 1. The molecule has 1 aliphatic carbocycles. The third-order valence-corrected chi connectivity index (χ3v) is 2.84. The van der Waals surface area contributed by atoms with Crippen molar-refractivity contribution < 1.29 is 23.0 Å². The van der Waals surface area contributed by atoms with Gasteiger partial charge in [-0.15, -0.1) is 0 Å². The van der Waals surface area contributed by atoms with Crippen LogP contribution in [0, 0.1) is 0 Å². The summed E-state index contributed by atoms with van der Waals surface area (Å²) in [7, 11) is 0. The van der Waals surface area contributed by atoms with Crippen LogP contribution < -0.4 is 10.1 Å². The quantitative estimate of drug-likeness (QED) is 0.836. The van der Waals surface area contributed by atoms with Crippen LogP contribution >= 0.6 is 0 Å². The lowest BCUT2D eigenvalue weighted by Crippen LogP contribution is -2.32. The van der Waals surface area contributed by atoms with E-state index in [-0.39, 0.29) is 12.4 Å². The number of rotatable bonds is 6. The fourth-order valence-electron chi connectivity index (χ4n) is 1.66. The van der Waals surface area contributed by atoms with Crippen LogP contribution in [0.4, 0.5) is 13.2 Å². The molecule has 2 N–H and O–H groups in total. The van der Waals surface area contributed by atoms with E-state index in [1.807, 2.05) is 0 Å². The van der Waals surface area contributed by atoms with Crippen LogP contribution in [0.15, 0.2) is 24.3 Å². The minimum atomic E-state index is -4.45. The van der Waals surface area contributed by atoms with Gasteiger partial charge in [-0.2, -0.15) is 13.2 Å². The molecule has 3 nitrogen and oxygen atoms in total. The normalized spacial score (nSPS) is 17.3. The molecule has 1 saturated carbocycles. The molecule has 0 aromatic heterocycles. The van der Waals surface area contributed by atoms with Crippen LogP contribution in [0.1, 0.15) is 18.4 Å². The largest absolute Gasteiger partial charge is 0.490 e. The van der Waals surface area contributed by atoms with Gasteiger partial charge in [0.15, 0.2) is 0 Å². The van der Waals surface area contributed by atoms with Crippen molar-refractivity contribution in [3.05, 3.63) is 29.8 Å². The smallest absolute Gasteiger partial charge is 0.419 e. The standard InChI is InChI=1S/C13H16F3NO2/c14-13(15,16)11-3-1-2-4-12(11)19-8-10(18)7-17-9-5-6-9/h1-4,9-10,17-18H,5-8H2. The molecule has 1 aromatic carbocycles. The lowest BCUT2D eigenvalue weighted by molar-refractivity contribution is -0.139. The van der Waals surface area contributed by atoms with Crippen molar-refractivity contribution in [2.24, 2.45) is 0 Å². The minimum absolute atomic E-state index is 0.160. The van der Waals surface area contributed by atoms with Crippen LogP contribution in [0.5, 0.6) is 5.75 Å². The monoisotopic (exact) mass is 275 g/mol. The maximum Gasteiger partial charge on any atom is 0.419 e. The zero-order chi connectivity index (χ0) is 13.9.